The van der Waals surface area contributed by atoms with Crippen LogP contribution in [0.3, 0.4) is 0 Å². The summed E-state index contributed by atoms with van der Waals surface area (Å²) in [5.74, 6) is 0. The fraction of sp³-hybridized carbons (Fsp3) is 0.500. The highest BCUT2D eigenvalue weighted by atomic mass is 32.3. The largest absolute Gasteiger partial charge is 0.412 e. The maximum absolute atomic E-state index is 10.9. The van der Waals surface area contributed by atoms with Gasteiger partial charge >= 0.3 is 10.4 Å². The Morgan fingerprint density at radius 3 is 2.04 bits per heavy atom. The Morgan fingerprint density at radius 2 is 1.61 bits per heavy atom. The molecule has 0 amide bonds. The van der Waals surface area contributed by atoms with Crippen molar-refractivity contribution in [2.24, 2.45) is 0 Å². The molecule has 0 heterocycles. The SMILES string of the molecule is CCc1c(C)cccc1NCCNS(C)(=O)=O.O.O=S(=O)(O)O. The Kier molecular flexibility index (Phi) is 11.0. The van der Waals surface area contributed by atoms with E-state index in [0.717, 1.165) is 18.4 Å². The molecule has 0 saturated heterocycles. The predicted octanol–water partition coefficient (Wildman–Crippen LogP) is 0.0410. The highest BCUT2D eigenvalue weighted by Crippen LogP contribution is 2.19. The predicted molar refractivity (Wildman–Crippen MR) is 89.7 cm³/mol. The van der Waals surface area contributed by atoms with Gasteiger partial charge in [-0.05, 0) is 30.5 Å². The van der Waals surface area contributed by atoms with Crippen molar-refractivity contribution < 1.29 is 31.4 Å². The summed E-state index contributed by atoms with van der Waals surface area (Å²) in [6, 6.07) is 6.10. The van der Waals surface area contributed by atoms with E-state index < -0.39 is 20.4 Å². The number of hydrogen-bond donors (Lipinski definition) is 4. The van der Waals surface area contributed by atoms with Crippen molar-refractivity contribution in [3.05, 3.63) is 29.3 Å². The molecule has 0 aliphatic carbocycles. The van der Waals surface area contributed by atoms with E-state index in [1.54, 1.807) is 0 Å². The van der Waals surface area contributed by atoms with E-state index >= 15 is 0 Å². The third-order valence-corrected chi connectivity index (χ3v) is 3.30. The summed E-state index contributed by atoms with van der Waals surface area (Å²) >= 11 is 0. The number of benzene rings is 1. The molecular formula is C12H24N2O7S2. The monoisotopic (exact) mass is 372 g/mol. The number of rotatable bonds is 6. The van der Waals surface area contributed by atoms with Gasteiger partial charge in [-0.25, -0.2) is 13.1 Å². The molecule has 0 fully saturated rings. The van der Waals surface area contributed by atoms with Crippen LogP contribution in [0, 0.1) is 6.92 Å². The van der Waals surface area contributed by atoms with Gasteiger partial charge in [-0.2, -0.15) is 8.42 Å². The van der Waals surface area contributed by atoms with Gasteiger partial charge in [0.2, 0.25) is 10.0 Å². The Labute approximate surface area is 137 Å². The maximum atomic E-state index is 10.9. The first kappa shape index (κ1) is 24.0. The number of anilines is 1. The summed E-state index contributed by atoms with van der Waals surface area (Å²) in [6.45, 7) is 5.18. The number of nitrogens with one attached hydrogen (secondary N) is 2. The fourth-order valence-corrected chi connectivity index (χ4v) is 2.24. The minimum absolute atomic E-state index is 0. The van der Waals surface area contributed by atoms with Crippen LogP contribution in [-0.2, 0) is 26.8 Å². The molecule has 0 atom stereocenters. The third-order valence-electron chi connectivity index (χ3n) is 2.57. The molecule has 0 radical (unpaired) electrons. The zero-order chi connectivity index (χ0) is 17.4. The summed E-state index contributed by atoms with van der Waals surface area (Å²) in [5, 5.41) is 3.25. The van der Waals surface area contributed by atoms with Crippen molar-refractivity contribution in [1.82, 2.24) is 4.72 Å². The van der Waals surface area contributed by atoms with Crippen LogP contribution in [0.25, 0.3) is 0 Å². The number of aryl methyl sites for hydroxylation is 1. The molecule has 0 aliphatic heterocycles. The minimum Gasteiger partial charge on any atom is -0.412 e. The van der Waals surface area contributed by atoms with Gasteiger partial charge < -0.3 is 10.8 Å². The van der Waals surface area contributed by atoms with Crippen LogP contribution in [0.1, 0.15) is 18.1 Å². The van der Waals surface area contributed by atoms with E-state index in [-0.39, 0.29) is 5.48 Å². The van der Waals surface area contributed by atoms with Gasteiger partial charge in [-0.1, -0.05) is 19.1 Å². The summed E-state index contributed by atoms with van der Waals surface area (Å²) in [4.78, 5) is 0. The Balaban J connectivity index is 0. The highest BCUT2D eigenvalue weighted by molar-refractivity contribution is 7.88. The number of sulfonamides is 1. The lowest BCUT2D eigenvalue weighted by molar-refractivity contribution is 0.381. The molecule has 0 saturated carbocycles. The quantitative estimate of drug-likeness (QED) is 0.404. The van der Waals surface area contributed by atoms with E-state index in [1.807, 2.05) is 12.1 Å². The van der Waals surface area contributed by atoms with Crippen molar-refractivity contribution >= 4 is 26.1 Å². The van der Waals surface area contributed by atoms with E-state index in [4.69, 9.17) is 17.5 Å². The van der Waals surface area contributed by atoms with Gasteiger partial charge in [-0.15, -0.1) is 0 Å². The van der Waals surface area contributed by atoms with Crippen LogP contribution < -0.4 is 10.0 Å². The first-order valence-corrected chi connectivity index (χ1v) is 9.69. The molecule has 1 aromatic rings. The van der Waals surface area contributed by atoms with E-state index in [2.05, 4.69) is 30.0 Å². The van der Waals surface area contributed by atoms with Crippen molar-refractivity contribution in [2.75, 3.05) is 24.7 Å². The zero-order valence-corrected chi connectivity index (χ0v) is 14.8. The van der Waals surface area contributed by atoms with Crippen molar-refractivity contribution in [2.45, 2.75) is 20.3 Å². The summed E-state index contributed by atoms with van der Waals surface area (Å²) in [5.41, 5.74) is 3.63. The standard InChI is InChI=1S/C12H20N2O2S.H2O4S.H2O/c1-4-11-10(2)6-5-7-12(11)13-8-9-14-17(3,15)16;1-5(2,3)4;/h5-7,13-14H,4,8-9H2,1-3H3;(H2,1,2,3,4);1H2. The lowest BCUT2D eigenvalue weighted by Gasteiger charge is -2.13. The second-order valence-electron chi connectivity index (χ2n) is 4.50. The Bertz CT molecular complexity index is 665. The molecule has 1 aromatic carbocycles. The molecule has 1 rings (SSSR count). The highest BCUT2D eigenvalue weighted by Gasteiger charge is 2.03. The van der Waals surface area contributed by atoms with Crippen molar-refractivity contribution in [3.8, 4) is 0 Å². The lowest BCUT2D eigenvalue weighted by Crippen LogP contribution is -2.27. The molecule has 9 nitrogen and oxygen atoms in total. The molecule has 11 heteroatoms. The second kappa shape index (κ2) is 10.5. The van der Waals surface area contributed by atoms with Crippen molar-refractivity contribution in [1.29, 1.82) is 0 Å². The molecule has 0 aliphatic rings. The van der Waals surface area contributed by atoms with Gasteiger partial charge in [0.25, 0.3) is 0 Å². The van der Waals surface area contributed by atoms with Gasteiger partial charge in [0.1, 0.15) is 0 Å². The van der Waals surface area contributed by atoms with Gasteiger partial charge in [0.15, 0.2) is 0 Å². The van der Waals surface area contributed by atoms with Crippen LogP contribution in [0.4, 0.5) is 5.69 Å². The normalized spacial score (nSPS) is 11.0. The second-order valence-corrected chi connectivity index (χ2v) is 7.22. The molecule has 0 aromatic heterocycles. The van der Waals surface area contributed by atoms with Crippen LogP contribution in [-0.4, -0.2) is 50.8 Å². The van der Waals surface area contributed by atoms with Crippen LogP contribution in [0.15, 0.2) is 18.2 Å². The number of hydrogen-bond acceptors (Lipinski definition) is 5. The molecule has 0 spiro atoms. The average Bonchev–Trinajstić information content (AvgIpc) is 2.31. The Hall–Kier alpha value is -1.24. The van der Waals surface area contributed by atoms with Crippen molar-refractivity contribution in [3.63, 3.8) is 0 Å². The fourth-order valence-electron chi connectivity index (χ4n) is 1.77. The van der Waals surface area contributed by atoms with Crippen LogP contribution in [0.2, 0.25) is 0 Å². The van der Waals surface area contributed by atoms with Gasteiger partial charge in [-0.3, -0.25) is 9.11 Å². The third kappa shape index (κ3) is 14.1. The summed E-state index contributed by atoms with van der Waals surface area (Å²) in [7, 11) is -7.76. The Morgan fingerprint density at radius 1 is 1.09 bits per heavy atom. The zero-order valence-electron chi connectivity index (χ0n) is 13.2. The van der Waals surface area contributed by atoms with E-state index in [9.17, 15) is 8.42 Å². The van der Waals surface area contributed by atoms with Crippen LogP contribution in [0.5, 0.6) is 0 Å². The molecule has 0 unspecified atom stereocenters. The van der Waals surface area contributed by atoms with Gasteiger partial charge in [0, 0.05) is 18.8 Å². The molecule has 23 heavy (non-hydrogen) atoms. The topological polar surface area (TPSA) is 164 Å². The first-order valence-electron chi connectivity index (χ1n) is 6.41. The molecule has 136 valence electrons. The van der Waals surface area contributed by atoms with Crippen LogP contribution >= 0.6 is 0 Å². The average molecular weight is 372 g/mol. The summed E-state index contributed by atoms with van der Waals surface area (Å²) in [6.07, 6.45) is 2.13. The van der Waals surface area contributed by atoms with Gasteiger partial charge in [0.05, 0.1) is 6.26 Å². The minimum atomic E-state index is -4.67. The van der Waals surface area contributed by atoms with E-state index in [1.165, 1.54) is 11.1 Å². The maximum Gasteiger partial charge on any atom is 0.394 e. The first-order chi connectivity index (χ1) is 9.94. The molecule has 6 N–H and O–H groups in total. The van der Waals surface area contributed by atoms with E-state index in [0.29, 0.717) is 13.1 Å². The lowest BCUT2D eigenvalue weighted by atomic mass is 10.0. The smallest absolute Gasteiger partial charge is 0.394 e. The molecular weight excluding hydrogens is 348 g/mol. The summed E-state index contributed by atoms with van der Waals surface area (Å²) < 4.78 is 55.8. The molecule has 0 bridgehead atoms.